The summed E-state index contributed by atoms with van der Waals surface area (Å²) in [5.41, 5.74) is 0.371. The van der Waals surface area contributed by atoms with E-state index in [1.165, 1.54) is 16.3 Å². The monoisotopic (exact) mass is 351 g/mol. The fourth-order valence-corrected chi connectivity index (χ4v) is 3.06. The van der Waals surface area contributed by atoms with Crippen LogP contribution in [0.5, 0.6) is 0 Å². The van der Waals surface area contributed by atoms with Gasteiger partial charge in [-0.2, -0.15) is 0 Å². The molecule has 0 fully saturated rings. The topological polar surface area (TPSA) is 64.0 Å². The van der Waals surface area contributed by atoms with Crippen LogP contribution >= 0.6 is 23.4 Å². The zero-order valence-corrected chi connectivity index (χ0v) is 14.6. The minimum atomic E-state index is -0.191. The molecule has 2 aromatic rings. The van der Waals surface area contributed by atoms with Gasteiger partial charge in [0.15, 0.2) is 5.16 Å². The van der Waals surface area contributed by atoms with Crippen molar-refractivity contribution >= 4 is 40.2 Å². The van der Waals surface area contributed by atoms with Gasteiger partial charge in [-0.15, -0.1) is 6.58 Å². The van der Waals surface area contributed by atoms with Gasteiger partial charge in [-0.25, -0.2) is 4.98 Å². The highest BCUT2D eigenvalue weighted by molar-refractivity contribution is 7.99. The number of hydrogen-bond acceptors (Lipinski definition) is 4. The molecule has 1 amide bonds. The van der Waals surface area contributed by atoms with E-state index in [1.54, 1.807) is 24.3 Å². The number of halogens is 1. The molecule has 0 saturated carbocycles. The molecule has 5 nitrogen and oxygen atoms in total. The van der Waals surface area contributed by atoms with E-state index in [0.717, 1.165) is 0 Å². The van der Waals surface area contributed by atoms with E-state index in [-0.39, 0.29) is 23.3 Å². The second-order valence-corrected chi connectivity index (χ2v) is 6.65. The summed E-state index contributed by atoms with van der Waals surface area (Å²) in [5, 5.41) is 4.24. The number of amides is 1. The minimum absolute atomic E-state index is 0.0742. The Morgan fingerprint density at radius 3 is 2.91 bits per heavy atom. The van der Waals surface area contributed by atoms with Gasteiger partial charge in [0.05, 0.1) is 16.7 Å². The van der Waals surface area contributed by atoms with Crippen molar-refractivity contribution in [3.05, 3.63) is 46.2 Å². The van der Waals surface area contributed by atoms with E-state index in [9.17, 15) is 9.59 Å². The van der Waals surface area contributed by atoms with Gasteiger partial charge in [0, 0.05) is 17.6 Å². The highest BCUT2D eigenvalue weighted by atomic mass is 35.5. The summed E-state index contributed by atoms with van der Waals surface area (Å²) in [5.74, 6) is 0.0986. The number of nitrogens with one attached hydrogen (secondary N) is 1. The molecule has 0 aliphatic rings. The fourth-order valence-electron chi connectivity index (χ4n) is 2.07. The number of fused-ring (bicyclic) bond motifs is 1. The Kier molecular flexibility index (Phi) is 5.85. The molecule has 0 aliphatic heterocycles. The van der Waals surface area contributed by atoms with Crippen LogP contribution in [0.3, 0.4) is 0 Å². The van der Waals surface area contributed by atoms with E-state index in [4.69, 9.17) is 11.6 Å². The van der Waals surface area contributed by atoms with Gasteiger partial charge in [0.1, 0.15) is 0 Å². The lowest BCUT2D eigenvalue weighted by atomic mass is 10.2. The Morgan fingerprint density at radius 2 is 2.26 bits per heavy atom. The van der Waals surface area contributed by atoms with Crippen molar-refractivity contribution in [3.63, 3.8) is 0 Å². The Bertz CT molecular complexity index is 802. The third kappa shape index (κ3) is 4.36. The summed E-state index contributed by atoms with van der Waals surface area (Å²) in [4.78, 5) is 28.9. The molecule has 1 heterocycles. The minimum Gasteiger partial charge on any atom is -0.353 e. The number of allylic oxidation sites excluding steroid dienone is 1. The van der Waals surface area contributed by atoms with Gasteiger partial charge in [-0.05, 0) is 32.0 Å². The Hall–Kier alpha value is -1.79. The lowest BCUT2D eigenvalue weighted by Gasteiger charge is -2.12. The van der Waals surface area contributed by atoms with Crippen LogP contribution in [-0.2, 0) is 11.3 Å². The van der Waals surface area contributed by atoms with Crippen LogP contribution in [0, 0.1) is 0 Å². The van der Waals surface area contributed by atoms with E-state index in [2.05, 4.69) is 16.9 Å². The van der Waals surface area contributed by atoms with Crippen LogP contribution in [0.15, 0.2) is 40.8 Å². The number of benzene rings is 1. The molecule has 0 bridgehead atoms. The van der Waals surface area contributed by atoms with E-state index in [0.29, 0.717) is 27.6 Å². The molecule has 0 aliphatic carbocycles. The first kappa shape index (κ1) is 17.6. The molecule has 23 heavy (non-hydrogen) atoms. The summed E-state index contributed by atoms with van der Waals surface area (Å²) in [6, 6.07) is 5.07. The van der Waals surface area contributed by atoms with Crippen LogP contribution in [-0.4, -0.2) is 27.3 Å². The first-order valence-corrected chi connectivity index (χ1v) is 8.52. The summed E-state index contributed by atoms with van der Waals surface area (Å²) in [7, 11) is 0. The molecule has 0 spiro atoms. The van der Waals surface area contributed by atoms with Crippen molar-refractivity contribution in [1.29, 1.82) is 0 Å². The standard InChI is InChI=1S/C16H18ClN3O2S/c1-4-7-20-15(22)12-8-11(17)5-6-13(12)19-16(20)23-9-14(21)18-10(2)3/h4-6,8,10H,1,7,9H2,2-3H3,(H,18,21). The van der Waals surface area contributed by atoms with Crippen molar-refractivity contribution in [2.45, 2.75) is 31.6 Å². The number of thioether (sulfide) groups is 1. The molecule has 7 heteroatoms. The van der Waals surface area contributed by atoms with Crippen LogP contribution in [0.1, 0.15) is 13.8 Å². The third-order valence-electron chi connectivity index (χ3n) is 2.97. The molecular formula is C16H18ClN3O2S. The first-order chi connectivity index (χ1) is 10.9. The van der Waals surface area contributed by atoms with Gasteiger partial charge in [0.25, 0.3) is 5.56 Å². The second-order valence-electron chi connectivity index (χ2n) is 5.27. The summed E-state index contributed by atoms with van der Waals surface area (Å²) in [6.07, 6.45) is 1.62. The molecule has 0 radical (unpaired) electrons. The quantitative estimate of drug-likeness (QED) is 0.494. The smallest absolute Gasteiger partial charge is 0.262 e. The largest absolute Gasteiger partial charge is 0.353 e. The SMILES string of the molecule is C=CCn1c(SCC(=O)NC(C)C)nc2ccc(Cl)cc2c1=O. The Morgan fingerprint density at radius 1 is 1.52 bits per heavy atom. The van der Waals surface area contributed by atoms with Gasteiger partial charge < -0.3 is 5.32 Å². The van der Waals surface area contributed by atoms with Gasteiger partial charge in [-0.3, -0.25) is 14.2 Å². The van der Waals surface area contributed by atoms with E-state index >= 15 is 0 Å². The summed E-state index contributed by atoms with van der Waals surface area (Å²) < 4.78 is 1.50. The molecule has 0 atom stereocenters. The van der Waals surface area contributed by atoms with Crippen LogP contribution in [0.25, 0.3) is 10.9 Å². The van der Waals surface area contributed by atoms with Crippen molar-refractivity contribution in [2.75, 3.05) is 5.75 Å². The third-order valence-corrected chi connectivity index (χ3v) is 4.19. The van der Waals surface area contributed by atoms with Crippen LogP contribution in [0.2, 0.25) is 5.02 Å². The average Bonchev–Trinajstić information content (AvgIpc) is 2.48. The number of carbonyl (C=O) groups excluding carboxylic acids is 1. The summed E-state index contributed by atoms with van der Waals surface area (Å²) in [6.45, 7) is 7.78. The summed E-state index contributed by atoms with van der Waals surface area (Å²) >= 11 is 7.19. The fraction of sp³-hybridized carbons (Fsp3) is 0.312. The first-order valence-electron chi connectivity index (χ1n) is 7.15. The van der Waals surface area contributed by atoms with Crippen LogP contribution in [0.4, 0.5) is 0 Å². The molecule has 122 valence electrons. The number of nitrogens with zero attached hydrogens (tertiary/aromatic N) is 2. The molecular weight excluding hydrogens is 334 g/mol. The van der Waals surface area contributed by atoms with Crippen molar-refractivity contribution in [1.82, 2.24) is 14.9 Å². The Labute approximate surface area is 143 Å². The number of carbonyl (C=O) groups is 1. The van der Waals surface area contributed by atoms with E-state index < -0.39 is 0 Å². The molecule has 1 aromatic carbocycles. The lowest BCUT2D eigenvalue weighted by molar-refractivity contribution is -0.119. The second kappa shape index (κ2) is 7.66. The maximum Gasteiger partial charge on any atom is 0.262 e. The molecule has 1 aromatic heterocycles. The molecule has 0 unspecified atom stereocenters. The maximum atomic E-state index is 12.6. The van der Waals surface area contributed by atoms with Gasteiger partial charge in [-0.1, -0.05) is 29.4 Å². The zero-order chi connectivity index (χ0) is 17.0. The molecule has 1 N–H and O–H groups in total. The van der Waals surface area contributed by atoms with Crippen molar-refractivity contribution < 1.29 is 4.79 Å². The van der Waals surface area contributed by atoms with Gasteiger partial charge >= 0.3 is 0 Å². The van der Waals surface area contributed by atoms with Crippen molar-refractivity contribution in [3.8, 4) is 0 Å². The lowest BCUT2D eigenvalue weighted by Crippen LogP contribution is -2.32. The highest BCUT2D eigenvalue weighted by Crippen LogP contribution is 2.20. The average molecular weight is 352 g/mol. The predicted octanol–water partition coefficient (Wildman–Crippen LogP) is 2.85. The number of aromatic nitrogens is 2. The molecule has 2 rings (SSSR count). The maximum absolute atomic E-state index is 12.6. The van der Waals surface area contributed by atoms with E-state index in [1.807, 2.05) is 13.8 Å². The predicted molar refractivity (Wildman–Crippen MR) is 95.2 cm³/mol. The van der Waals surface area contributed by atoms with Crippen molar-refractivity contribution in [2.24, 2.45) is 0 Å². The van der Waals surface area contributed by atoms with Crippen LogP contribution < -0.4 is 10.9 Å². The highest BCUT2D eigenvalue weighted by Gasteiger charge is 2.13. The normalized spacial score (nSPS) is 11.0. The Balaban J connectivity index is 2.39. The molecule has 0 saturated heterocycles. The zero-order valence-electron chi connectivity index (χ0n) is 13.0. The number of rotatable bonds is 6. The van der Waals surface area contributed by atoms with Gasteiger partial charge in [0.2, 0.25) is 5.91 Å². The number of hydrogen-bond donors (Lipinski definition) is 1.